The predicted octanol–water partition coefficient (Wildman–Crippen LogP) is 4.16. The van der Waals surface area contributed by atoms with Crippen LogP contribution < -0.4 is 15.5 Å². The minimum Gasteiger partial charge on any atom is -0.381 e. The molecule has 1 aromatic carbocycles. The number of aromatic nitrogens is 3. The lowest BCUT2D eigenvalue weighted by Gasteiger charge is -2.16. The number of fused-ring (bicyclic) bond motifs is 5. The average Bonchev–Trinajstić information content (AvgIpc) is 3.09. The smallest absolute Gasteiger partial charge is 0.263 e. The van der Waals surface area contributed by atoms with E-state index in [1.165, 1.54) is 11.3 Å². The number of amides is 1. The third kappa shape index (κ3) is 3.19. The van der Waals surface area contributed by atoms with Gasteiger partial charge in [0.05, 0.1) is 22.6 Å². The Morgan fingerprint density at radius 3 is 2.84 bits per heavy atom. The van der Waals surface area contributed by atoms with Gasteiger partial charge in [-0.2, -0.15) is 0 Å². The molecule has 0 fully saturated rings. The Kier molecular flexibility index (Phi) is 4.59. The van der Waals surface area contributed by atoms with Gasteiger partial charge < -0.3 is 15.5 Å². The fourth-order valence-corrected chi connectivity index (χ4v) is 4.99. The van der Waals surface area contributed by atoms with E-state index in [-0.39, 0.29) is 11.9 Å². The summed E-state index contributed by atoms with van der Waals surface area (Å²) in [6.45, 7) is 6.49. The van der Waals surface area contributed by atoms with Gasteiger partial charge in [0.1, 0.15) is 4.88 Å². The number of thiophene rings is 1. The first-order chi connectivity index (χ1) is 15.0. The highest BCUT2D eigenvalue weighted by Crippen LogP contribution is 2.41. The van der Waals surface area contributed by atoms with Gasteiger partial charge in [0.2, 0.25) is 0 Å². The molecule has 5 rings (SSSR count). The molecule has 4 aromatic rings. The van der Waals surface area contributed by atoms with Crippen LogP contribution in [0.15, 0.2) is 36.9 Å². The molecule has 1 atom stereocenters. The minimum atomic E-state index is -0.0260. The number of nitrogens with one attached hydrogen (secondary N) is 2. The van der Waals surface area contributed by atoms with Crippen molar-refractivity contribution in [2.75, 3.05) is 30.9 Å². The SMILES string of the molecule is C=Cc1cc(-c2ccc3c(ccc4sc5c(c43)NC[C@@H](C)NC5=O)n2)c(N(C)C)nn1. The summed E-state index contributed by atoms with van der Waals surface area (Å²) in [5.41, 5.74) is 4.18. The fourth-order valence-electron chi connectivity index (χ4n) is 3.89. The lowest BCUT2D eigenvalue weighted by molar-refractivity contribution is 0.0949. The molecule has 31 heavy (non-hydrogen) atoms. The summed E-state index contributed by atoms with van der Waals surface area (Å²) in [4.78, 5) is 20.2. The standard InChI is InChI=1S/C23H22N6OS/c1-5-13-10-15(22(28-27-13)29(3)4)17-7-6-14-16(26-17)8-9-18-19(14)20-21(31-18)23(30)25-12(2)11-24-20/h5-10,12,24H,1,11H2,2-4H3,(H,25,30)/t12-/m1/s1. The van der Waals surface area contributed by atoms with E-state index in [1.807, 2.05) is 50.2 Å². The molecule has 0 bridgehead atoms. The van der Waals surface area contributed by atoms with Crippen molar-refractivity contribution in [2.24, 2.45) is 0 Å². The van der Waals surface area contributed by atoms with Crippen LogP contribution in [-0.2, 0) is 0 Å². The van der Waals surface area contributed by atoms with Gasteiger partial charge in [-0.3, -0.25) is 4.79 Å². The average molecular weight is 431 g/mol. The van der Waals surface area contributed by atoms with Gasteiger partial charge in [-0.15, -0.1) is 21.5 Å². The third-order valence-corrected chi connectivity index (χ3v) is 6.55. The Balaban J connectivity index is 1.72. The molecule has 1 aliphatic heterocycles. The second-order valence-electron chi connectivity index (χ2n) is 7.87. The van der Waals surface area contributed by atoms with Crippen LogP contribution in [0.5, 0.6) is 0 Å². The molecule has 2 N–H and O–H groups in total. The van der Waals surface area contributed by atoms with Gasteiger partial charge in [-0.25, -0.2) is 4.98 Å². The Bertz CT molecular complexity index is 1360. The molecule has 4 heterocycles. The van der Waals surface area contributed by atoms with Gasteiger partial charge in [-0.1, -0.05) is 6.58 Å². The van der Waals surface area contributed by atoms with Crippen molar-refractivity contribution >= 4 is 55.8 Å². The number of carbonyl (C=O) groups is 1. The maximum Gasteiger partial charge on any atom is 0.263 e. The second-order valence-corrected chi connectivity index (χ2v) is 8.92. The number of pyridine rings is 1. The highest BCUT2D eigenvalue weighted by molar-refractivity contribution is 7.21. The van der Waals surface area contributed by atoms with E-state index < -0.39 is 0 Å². The first-order valence-corrected chi connectivity index (χ1v) is 10.9. The molecule has 8 heteroatoms. The lowest BCUT2D eigenvalue weighted by atomic mass is 10.1. The van der Waals surface area contributed by atoms with Gasteiger partial charge in [0, 0.05) is 47.7 Å². The molecule has 0 aliphatic carbocycles. The zero-order valence-electron chi connectivity index (χ0n) is 17.6. The molecule has 0 unspecified atom stereocenters. The first kappa shape index (κ1) is 19.4. The quantitative estimate of drug-likeness (QED) is 0.508. The number of hydrogen-bond acceptors (Lipinski definition) is 7. The van der Waals surface area contributed by atoms with E-state index in [9.17, 15) is 4.79 Å². The summed E-state index contributed by atoms with van der Waals surface area (Å²) in [6, 6.07) is 10.2. The molecule has 1 aliphatic rings. The molecule has 0 saturated heterocycles. The maximum atomic E-state index is 12.6. The van der Waals surface area contributed by atoms with Crippen LogP contribution in [0.25, 0.3) is 38.3 Å². The first-order valence-electron chi connectivity index (χ1n) is 10.0. The molecule has 156 valence electrons. The van der Waals surface area contributed by atoms with E-state index in [0.29, 0.717) is 12.2 Å². The number of anilines is 2. The Hall–Kier alpha value is -3.52. The number of benzene rings is 1. The van der Waals surface area contributed by atoms with Gasteiger partial charge in [-0.05, 0) is 43.3 Å². The largest absolute Gasteiger partial charge is 0.381 e. The second kappa shape index (κ2) is 7.31. The van der Waals surface area contributed by atoms with Crippen LogP contribution in [0.1, 0.15) is 22.3 Å². The van der Waals surface area contributed by atoms with Crippen molar-refractivity contribution in [1.82, 2.24) is 20.5 Å². The van der Waals surface area contributed by atoms with E-state index in [2.05, 4.69) is 33.5 Å². The molecule has 0 radical (unpaired) electrons. The molecule has 7 nitrogen and oxygen atoms in total. The zero-order chi connectivity index (χ0) is 21.7. The number of rotatable bonds is 3. The van der Waals surface area contributed by atoms with Gasteiger partial charge >= 0.3 is 0 Å². The van der Waals surface area contributed by atoms with Crippen molar-refractivity contribution in [3.05, 3.63) is 47.5 Å². The zero-order valence-corrected chi connectivity index (χ0v) is 18.4. The van der Waals surface area contributed by atoms with Crippen LogP contribution in [0, 0.1) is 0 Å². The van der Waals surface area contributed by atoms with E-state index in [0.717, 1.165) is 48.6 Å². The topological polar surface area (TPSA) is 83.0 Å². The van der Waals surface area contributed by atoms with Crippen LogP contribution in [-0.4, -0.2) is 47.8 Å². The van der Waals surface area contributed by atoms with E-state index in [1.54, 1.807) is 6.08 Å². The molecule has 3 aromatic heterocycles. The van der Waals surface area contributed by atoms with Crippen molar-refractivity contribution in [3.8, 4) is 11.3 Å². The van der Waals surface area contributed by atoms with Crippen molar-refractivity contribution in [3.63, 3.8) is 0 Å². The number of carbonyl (C=O) groups excluding carboxylic acids is 1. The normalized spacial score (nSPS) is 15.8. The minimum absolute atomic E-state index is 0.0260. The fraction of sp³-hybridized carbons (Fsp3) is 0.217. The van der Waals surface area contributed by atoms with Crippen LogP contribution >= 0.6 is 11.3 Å². The summed E-state index contributed by atoms with van der Waals surface area (Å²) < 4.78 is 1.07. The lowest BCUT2D eigenvalue weighted by Crippen LogP contribution is -2.34. The van der Waals surface area contributed by atoms with Crippen molar-refractivity contribution in [2.45, 2.75) is 13.0 Å². The number of hydrogen-bond donors (Lipinski definition) is 2. The highest BCUT2D eigenvalue weighted by atomic mass is 32.1. The summed E-state index contributed by atoms with van der Waals surface area (Å²) in [5, 5.41) is 17.1. The molecule has 0 saturated carbocycles. The van der Waals surface area contributed by atoms with Gasteiger partial charge in [0.15, 0.2) is 5.82 Å². The van der Waals surface area contributed by atoms with Crippen LogP contribution in [0.3, 0.4) is 0 Å². The highest BCUT2D eigenvalue weighted by Gasteiger charge is 2.25. The van der Waals surface area contributed by atoms with E-state index >= 15 is 0 Å². The third-order valence-electron chi connectivity index (χ3n) is 5.39. The van der Waals surface area contributed by atoms with Gasteiger partial charge in [0.25, 0.3) is 5.91 Å². The monoisotopic (exact) mass is 430 g/mol. The Morgan fingerprint density at radius 2 is 2.06 bits per heavy atom. The predicted molar refractivity (Wildman–Crippen MR) is 128 cm³/mol. The van der Waals surface area contributed by atoms with Crippen LogP contribution in [0.2, 0.25) is 0 Å². The summed E-state index contributed by atoms with van der Waals surface area (Å²) in [6.07, 6.45) is 1.68. The Morgan fingerprint density at radius 1 is 1.23 bits per heavy atom. The molecule has 1 amide bonds. The van der Waals surface area contributed by atoms with Crippen molar-refractivity contribution in [1.29, 1.82) is 0 Å². The summed E-state index contributed by atoms with van der Waals surface area (Å²) in [5.74, 6) is 0.720. The van der Waals surface area contributed by atoms with Crippen molar-refractivity contribution < 1.29 is 4.79 Å². The maximum absolute atomic E-state index is 12.6. The van der Waals surface area contributed by atoms with Crippen LogP contribution in [0.4, 0.5) is 11.5 Å². The molecule has 0 spiro atoms. The molecular weight excluding hydrogens is 408 g/mol. The van der Waals surface area contributed by atoms with E-state index in [4.69, 9.17) is 4.98 Å². The Labute approximate surface area is 183 Å². The number of nitrogens with zero attached hydrogens (tertiary/aromatic N) is 4. The summed E-state index contributed by atoms with van der Waals surface area (Å²) in [7, 11) is 3.87. The molecular formula is C23H22N6OS. The summed E-state index contributed by atoms with van der Waals surface area (Å²) >= 11 is 1.51.